The van der Waals surface area contributed by atoms with Crippen LogP contribution in [-0.2, 0) is 4.79 Å². The number of hydrogen-bond acceptors (Lipinski definition) is 6. The van der Waals surface area contributed by atoms with E-state index in [-0.39, 0.29) is 42.3 Å². The van der Waals surface area contributed by atoms with Gasteiger partial charge in [0.05, 0.1) is 23.2 Å². The van der Waals surface area contributed by atoms with E-state index in [1.54, 1.807) is 24.3 Å². The van der Waals surface area contributed by atoms with Crippen LogP contribution in [-0.4, -0.2) is 48.2 Å². The number of amides is 3. The Balaban J connectivity index is 1.55. The molecule has 3 amide bonds. The van der Waals surface area contributed by atoms with Gasteiger partial charge in [0.25, 0.3) is 11.8 Å². The molecule has 0 saturated carbocycles. The fourth-order valence-corrected chi connectivity index (χ4v) is 3.63. The first-order chi connectivity index (χ1) is 11.1. The summed E-state index contributed by atoms with van der Waals surface area (Å²) in [7, 11) is 0. The molecular weight excluding hydrogens is 298 g/mol. The summed E-state index contributed by atoms with van der Waals surface area (Å²) in [4.78, 5) is 38.3. The highest BCUT2D eigenvalue weighted by atomic mass is 16.2. The molecule has 23 heavy (non-hydrogen) atoms. The van der Waals surface area contributed by atoms with E-state index in [0.29, 0.717) is 17.7 Å². The van der Waals surface area contributed by atoms with Gasteiger partial charge in [0.1, 0.15) is 6.29 Å². The number of nitrogens with zero attached hydrogens (tertiary/aromatic N) is 1. The Labute approximate surface area is 132 Å². The molecule has 8 heteroatoms. The first kappa shape index (κ1) is 14.3. The Kier molecular flexibility index (Phi) is 3.19. The number of imide groups is 1. The van der Waals surface area contributed by atoms with Crippen LogP contribution in [0.4, 0.5) is 0 Å². The summed E-state index contributed by atoms with van der Waals surface area (Å²) in [6, 6.07) is 6.78. The lowest BCUT2D eigenvalue weighted by atomic mass is 9.91. The number of fused-ring (bicyclic) bond motifs is 2. The molecule has 4 atom stereocenters. The molecule has 0 aliphatic carbocycles. The van der Waals surface area contributed by atoms with Crippen molar-refractivity contribution in [2.45, 2.75) is 12.5 Å². The second kappa shape index (κ2) is 5.12. The minimum atomic E-state index is -0.589. The molecule has 1 aromatic carbocycles. The van der Waals surface area contributed by atoms with Crippen molar-refractivity contribution >= 4 is 17.7 Å². The molecule has 0 spiro atoms. The van der Waals surface area contributed by atoms with Crippen molar-refractivity contribution in [3.05, 3.63) is 35.4 Å². The molecule has 0 radical (unpaired) electrons. The van der Waals surface area contributed by atoms with Crippen LogP contribution in [0.5, 0.6) is 0 Å². The van der Waals surface area contributed by atoms with Gasteiger partial charge in [-0.25, -0.2) is 0 Å². The minimum absolute atomic E-state index is 0.151. The van der Waals surface area contributed by atoms with Crippen molar-refractivity contribution in [1.29, 1.82) is 0 Å². The van der Waals surface area contributed by atoms with Gasteiger partial charge in [0, 0.05) is 19.0 Å². The summed E-state index contributed by atoms with van der Waals surface area (Å²) < 4.78 is 0. The zero-order valence-corrected chi connectivity index (χ0v) is 12.3. The number of nitrogens with one attached hydrogen (secondary N) is 3. The van der Waals surface area contributed by atoms with E-state index in [9.17, 15) is 14.4 Å². The number of rotatable bonds is 2. The summed E-state index contributed by atoms with van der Waals surface area (Å²) in [6.07, 6.45) is -0.826. The maximum Gasteiger partial charge on any atom is 0.261 e. The topological polar surface area (TPSA) is 117 Å². The quantitative estimate of drug-likeness (QED) is 0.489. The van der Waals surface area contributed by atoms with E-state index in [1.165, 1.54) is 4.90 Å². The predicted octanol–water partition coefficient (Wildman–Crippen LogP) is -1.59. The fourth-order valence-electron chi connectivity index (χ4n) is 3.63. The predicted molar refractivity (Wildman–Crippen MR) is 79.8 cm³/mol. The largest absolute Gasteiger partial charge is 0.328 e. The molecule has 120 valence electrons. The third-order valence-corrected chi connectivity index (χ3v) is 4.72. The Morgan fingerprint density at radius 1 is 1.13 bits per heavy atom. The first-order valence-corrected chi connectivity index (χ1v) is 7.57. The van der Waals surface area contributed by atoms with Crippen molar-refractivity contribution < 1.29 is 14.4 Å². The van der Waals surface area contributed by atoms with Gasteiger partial charge >= 0.3 is 0 Å². The van der Waals surface area contributed by atoms with Crippen molar-refractivity contribution in [1.82, 2.24) is 20.9 Å². The van der Waals surface area contributed by atoms with Crippen molar-refractivity contribution in [2.24, 2.45) is 17.6 Å². The molecule has 0 aromatic heterocycles. The number of carbonyl (C=O) groups is 3. The maximum atomic E-state index is 12.4. The van der Waals surface area contributed by atoms with Crippen LogP contribution in [0.25, 0.3) is 0 Å². The van der Waals surface area contributed by atoms with E-state index in [4.69, 9.17) is 5.73 Å². The highest BCUT2D eigenvalue weighted by molar-refractivity contribution is 6.21. The fraction of sp³-hybridized carbons (Fsp3) is 0.400. The lowest BCUT2D eigenvalue weighted by Gasteiger charge is -2.33. The molecular formula is C15H17N5O3. The van der Waals surface area contributed by atoms with Gasteiger partial charge in [-0.05, 0) is 12.1 Å². The molecule has 3 aliphatic heterocycles. The average Bonchev–Trinajstić information content (AvgIpc) is 3.03. The van der Waals surface area contributed by atoms with Crippen LogP contribution in [0, 0.1) is 11.8 Å². The van der Waals surface area contributed by atoms with E-state index in [0.717, 1.165) is 0 Å². The van der Waals surface area contributed by atoms with E-state index < -0.39 is 6.29 Å². The summed E-state index contributed by atoms with van der Waals surface area (Å²) >= 11 is 0. The van der Waals surface area contributed by atoms with Gasteiger partial charge in [-0.15, -0.1) is 0 Å². The Hall–Kier alpha value is -2.29. The standard InChI is InChI=1S/C15H17N5O3/c16-15-18-11-10(12(21)19-15)7(5-17-11)6-20-13(22)8-3-1-2-4-9(8)14(20)23/h1-4,7,10-11,15,17-18H,5-6,16H2,(H,19,21). The monoisotopic (exact) mass is 315 g/mol. The van der Waals surface area contributed by atoms with Crippen molar-refractivity contribution in [3.63, 3.8) is 0 Å². The third-order valence-electron chi connectivity index (χ3n) is 4.72. The van der Waals surface area contributed by atoms with E-state index in [2.05, 4.69) is 16.0 Å². The highest BCUT2D eigenvalue weighted by Gasteiger charge is 2.47. The lowest BCUT2D eigenvalue weighted by Crippen LogP contribution is -2.66. The molecule has 8 nitrogen and oxygen atoms in total. The second-order valence-corrected chi connectivity index (χ2v) is 6.09. The van der Waals surface area contributed by atoms with Crippen LogP contribution in [0.2, 0.25) is 0 Å². The number of benzene rings is 1. The van der Waals surface area contributed by atoms with Gasteiger partial charge in [-0.1, -0.05) is 12.1 Å². The molecule has 4 unspecified atom stereocenters. The zero-order chi connectivity index (χ0) is 16.1. The first-order valence-electron chi connectivity index (χ1n) is 7.57. The minimum Gasteiger partial charge on any atom is -0.328 e. The van der Waals surface area contributed by atoms with Gasteiger partial charge in [-0.3, -0.25) is 30.3 Å². The summed E-state index contributed by atoms with van der Waals surface area (Å²) in [5.41, 5.74) is 6.54. The number of carbonyl (C=O) groups excluding carboxylic acids is 3. The Morgan fingerprint density at radius 3 is 2.43 bits per heavy atom. The maximum absolute atomic E-state index is 12.4. The second-order valence-electron chi connectivity index (χ2n) is 6.09. The molecule has 4 rings (SSSR count). The smallest absolute Gasteiger partial charge is 0.261 e. The van der Waals surface area contributed by atoms with Gasteiger partial charge in [-0.2, -0.15) is 0 Å². The Bertz CT molecular complexity index is 671. The average molecular weight is 315 g/mol. The van der Waals surface area contributed by atoms with Crippen LogP contribution in [0.1, 0.15) is 20.7 Å². The number of nitrogens with two attached hydrogens (primary N) is 1. The van der Waals surface area contributed by atoms with E-state index in [1.807, 2.05) is 0 Å². The summed E-state index contributed by atoms with van der Waals surface area (Å²) in [6.45, 7) is 0.751. The zero-order valence-electron chi connectivity index (χ0n) is 12.3. The third kappa shape index (κ3) is 2.14. The molecule has 1 aromatic rings. The molecule has 2 fully saturated rings. The summed E-state index contributed by atoms with van der Waals surface area (Å²) in [5, 5.41) is 8.89. The lowest BCUT2D eigenvalue weighted by molar-refractivity contribution is -0.130. The molecule has 5 N–H and O–H groups in total. The van der Waals surface area contributed by atoms with Crippen LogP contribution < -0.4 is 21.7 Å². The molecule has 2 saturated heterocycles. The van der Waals surface area contributed by atoms with E-state index >= 15 is 0 Å². The van der Waals surface area contributed by atoms with Gasteiger partial charge in [0.2, 0.25) is 5.91 Å². The van der Waals surface area contributed by atoms with Crippen LogP contribution in [0.15, 0.2) is 24.3 Å². The van der Waals surface area contributed by atoms with Gasteiger partial charge in [0.15, 0.2) is 0 Å². The van der Waals surface area contributed by atoms with Crippen LogP contribution in [0.3, 0.4) is 0 Å². The van der Waals surface area contributed by atoms with Gasteiger partial charge < -0.3 is 10.6 Å². The SMILES string of the molecule is NC1NC(=O)C2C(CN3C(=O)c4ccccc4C3=O)CNC2N1. The van der Waals surface area contributed by atoms with Crippen molar-refractivity contribution in [2.75, 3.05) is 13.1 Å². The Morgan fingerprint density at radius 2 is 1.78 bits per heavy atom. The van der Waals surface area contributed by atoms with Crippen molar-refractivity contribution in [3.8, 4) is 0 Å². The molecule has 3 aliphatic rings. The number of hydrogen-bond donors (Lipinski definition) is 4. The highest BCUT2D eigenvalue weighted by Crippen LogP contribution is 2.29. The molecule has 0 bridgehead atoms. The molecule has 3 heterocycles. The summed E-state index contributed by atoms with van der Waals surface area (Å²) in [5.74, 6) is -1.26. The normalized spacial score (nSPS) is 32.7. The van der Waals surface area contributed by atoms with Crippen LogP contribution >= 0.6 is 0 Å².